The van der Waals surface area contributed by atoms with Gasteiger partial charge in [0.2, 0.25) is 12.2 Å². The smallest absolute Gasteiger partial charge is 0.333 e. The second-order valence-electron chi connectivity index (χ2n) is 5.77. The Labute approximate surface area is 144 Å². The average Bonchev–Trinajstić information content (AvgIpc) is 2.58. The minimum Gasteiger partial charge on any atom is -0.449 e. The van der Waals surface area contributed by atoms with Gasteiger partial charge in [0, 0.05) is 38.1 Å². The van der Waals surface area contributed by atoms with Crippen LogP contribution in [-0.2, 0) is 18.8 Å². The summed E-state index contributed by atoms with van der Waals surface area (Å²) in [7, 11) is 3.06. The second-order valence-corrected chi connectivity index (χ2v) is 6.20. The topological polar surface area (TPSA) is 62.5 Å². The van der Waals surface area contributed by atoms with Crippen molar-refractivity contribution in [1.82, 2.24) is 9.13 Å². The Morgan fingerprint density at radius 3 is 2.50 bits per heavy atom. The predicted molar refractivity (Wildman–Crippen MR) is 90.9 cm³/mol. The summed E-state index contributed by atoms with van der Waals surface area (Å²) in [6.07, 6.45) is -0.0171. The number of nitrogens with zero attached hydrogens (tertiary/aromatic N) is 2. The molecule has 0 bridgehead atoms. The molecule has 0 spiro atoms. The molecule has 0 radical (unpaired) electrons. The van der Waals surface area contributed by atoms with E-state index in [2.05, 4.69) is 0 Å². The maximum absolute atomic E-state index is 12.7. The van der Waals surface area contributed by atoms with Gasteiger partial charge in [0.15, 0.2) is 0 Å². The third kappa shape index (κ3) is 2.76. The van der Waals surface area contributed by atoms with Crippen molar-refractivity contribution in [3.05, 3.63) is 61.3 Å². The molecule has 0 amide bonds. The van der Waals surface area contributed by atoms with Gasteiger partial charge in [-0.1, -0.05) is 23.7 Å². The fourth-order valence-corrected chi connectivity index (χ4v) is 3.19. The predicted octanol–water partition coefficient (Wildman–Crippen LogP) is 2.01. The van der Waals surface area contributed by atoms with Gasteiger partial charge in [-0.25, -0.2) is 4.79 Å². The van der Waals surface area contributed by atoms with Crippen LogP contribution >= 0.6 is 11.6 Å². The molecule has 0 N–H and O–H groups in total. The van der Waals surface area contributed by atoms with E-state index in [0.29, 0.717) is 23.6 Å². The zero-order chi connectivity index (χ0) is 17.4. The SMILES string of the molecule is CCOC1CC(c2ccc(Cl)cc2)c2c(n(C)c(=O)n(C)c2=O)O1. The van der Waals surface area contributed by atoms with Crippen molar-refractivity contribution in [2.75, 3.05) is 6.61 Å². The Kier molecular flexibility index (Phi) is 4.51. The van der Waals surface area contributed by atoms with Gasteiger partial charge < -0.3 is 9.47 Å². The summed E-state index contributed by atoms with van der Waals surface area (Å²) in [4.78, 5) is 24.9. The van der Waals surface area contributed by atoms with Crippen LogP contribution in [0.2, 0.25) is 5.02 Å². The summed E-state index contributed by atoms with van der Waals surface area (Å²) in [5, 5.41) is 0.626. The summed E-state index contributed by atoms with van der Waals surface area (Å²) in [6, 6.07) is 7.34. The van der Waals surface area contributed by atoms with Crippen LogP contribution in [0.5, 0.6) is 5.88 Å². The van der Waals surface area contributed by atoms with Crippen molar-refractivity contribution < 1.29 is 9.47 Å². The molecule has 6 nitrogen and oxygen atoms in total. The van der Waals surface area contributed by atoms with Crippen molar-refractivity contribution in [1.29, 1.82) is 0 Å². The molecule has 7 heteroatoms. The van der Waals surface area contributed by atoms with Gasteiger partial charge in [-0.05, 0) is 24.6 Å². The highest BCUT2D eigenvalue weighted by atomic mass is 35.5. The molecule has 2 aromatic rings. The van der Waals surface area contributed by atoms with Crippen LogP contribution in [0.1, 0.15) is 30.4 Å². The molecule has 0 fully saturated rings. The van der Waals surface area contributed by atoms with Crippen LogP contribution in [0.15, 0.2) is 33.9 Å². The highest BCUT2D eigenvalue weighted by Crippen LogP contribution is 2.38. The number of aromatic nitrogens is 2. The zero-order valence-electron chi connectivity index (χ0n) is 13.8. The molecule has 2 heterocycles. The van der Waals surface area contributed by atoms with Crippen molar-refractivity contribution >= 4 is 11.6 Å². The van der Waals surface area contributed by atoms with Crippen LogP contribution in [0, 0.1) is 0 Å². The molecule has 128 valence electrons. The van der Waals surface area contributed by atoms with E-state index in [1.807, 2.05) is 19.1 Å². The first-order valence-electron chi connectivity index (χ1n) is 7.77. The second kappa shape index (κ2) is 6.45. The number of hydrogen-bond acceptors (Lipinski definition) is 4. The first kappa shape index (κ1) is 16.8. The van der Waals surface area contributed by atoms with Gasteiger partial charge in [-0.3, -0.25) is 13.9 Å². The quantitative estimate of drug-likeness (QED) is 0.849. The van der Waals surface area contributed by atoms with Crippen molar-refractivity contribution in [2.24, 2.45) is 14.1 Å². The number of ether oxygens (including phenoxy) is 2. The summed E-state index contributed by atoms with van der Waals surface area (Å²) >= 11 is 5.97. The third-order valence-electron chi connectivity index (χ3n) is 4.29. The van der Waals surface area contributed by atoms with Gasteiger partial charge in [-0.2, -0.15) is 0 Å². The van der Waals surface area contributed by atoms with Gasteiger partial charge >= 0.3 is 5.69 Å². The highest BCUT2D eigenvalue weighted by molar-refractivity contribution is 6.30. The Balaban J connectivity index is 2.22. The number of fused-ring (bicyclic) bond motifs is 1. The van der Waals surface area contributed by atoms with E-state index in [0.717, 1.165) is 10.1 Å². The fourth-order valence-electron chi connectivity index (χ4n) is 3.06. The van der Waals surface area contributed by atoms with Crippen LogP contribution in [0.4, 0.5) is 0 Å². The molecule has 2 unspecified atom stereocenters. The van der Waals surface area contributed by atoms with E-state index in [1.54, 1.807) is 19.2 Å². The maximum Gasteiger partial charge on any atom is 0.333 e. The minimum atomic E-state index is -0.513. The van der Waals surface area contributed by atoms with E-state index in [-0.39, 0.29) is 17.4 Å². The van der Waals surface area contributed by atoms with Gasteiger partial charge in [-0.15, -0.1) is 0 Å². The Hall–Kier alpha value is -2.05. The number of hydrogen-bond donors (Lipinski definition) is 0. The summed E-state index contributed by atoms with van der Waals surface area (Å²) in [5.74, 6) is 0.0424. The van der Waals surface area contributed by atoms with Gasteiger partial charge in [0.05, 0.1) is 5.56 Å². The molecule has 0 saturated carbocycles. The highest BCUT2D eigenvalue weighted by Gasteiger charge is 2.35. The third-order valence-corrected chi connectivity index (χ3v) is 4.54. The van der Waals surface area contributed by atoms with Crippen LogP contribution < -0.4 is 16.0 Å². The average molecular weight is 351 g/mol. The van der Waals surface area contributed by atoms with Crippen LogP contribution in [0.25, 0.3) is 0 Å². The van der Waals surface area contributed by atoms with Crippen molar-refractivity contribution in [3.63, 3.8) is 0 Å². The van der Waals surface area contributed by atoms with Crippen molar-refractivity contribution in [2.45, 2.75) is 25.6 Å². The maximum atomic E-state index is 12.7. The lowest BCUT2D eigenvalue weighted by atomic mass is 9.88. The molecule has 1 aliphatic rings. The fraction of sp³-hybridized carbons (Fsp3) is 0.412. The number of halogens is 1. The first-order chi connectivity index (χ1) is 11.4. The molecule has 24 heavy (non-hydrogen) atoms. The van der Waals surface area contributed by atoms with E-state index in [1.165, 1.54) is 11.6 Å². The monoisotopic (exact) mass is 350 g/mol. The van der Waals surface area contributed by atoms with E-state index < -0.39 is 12.0 Å². The molecule has 1 aliphatic heterocycles. The number of rotatable bonds is 3. The largest absolute Gasteiger partial charge is 0.449 e. The van der Waals surface area contributed by atoms with Crippen LogP contribution in [-0.4, -0.2) is 22.0 Å². The standard InChI is InChI=1S/C17H19ClN2O4/c1-4-23-13-9-12(10-5-7-11(18)8-6-10)14-15(21)19(2)17(22)20(3)16(14)24-13/h5-8,12-13H,4,9H2,1-3H3. The van der Waals surface area contributed by atoms with Gasteiger partial charge in [0.25, 0.3) is 5.56 Å². The Bertz CT molecular complexity index is 870. The molecule has 0 aliphatic carbocycles. The molecular formula is C17H19ClN2O4. The Morgan fingerprint density at radius 2 is 1.88 bits per heavy atom. The lowest BCUT2D eigenvalue weighted by Crippen LogP contribution is -2.44. The summed E-state index contributed by atoms with van der Waals surface area (Å²) in [5.41, 5.74) is 0.635. The number of benzene rings is 1. The molecule has 2 atom stereocenters. The normalized spacial score (nSPS) is 19.7. The summed E-state index contributed by atoms with van der Waals surface area (Å²) in [6.45, 7) is 2.35. The molecule has 0 saturated heterocycles. The lowest BCUT2D eigenvalue weighted by Gasteiger charge is -2.32. The van der Waals surface area contributed by atoms with Gasteiger partial charge in [0.1, 0.15) is 0 Å². The molecule has 1 aromatic carbocycles. The van der Waals surface area contributed by atoms with Crippen LogP contribution in [0.3, 0.4) is 0 Å². The van der Waals surface area contributed by atoms with E-state index in [4.69, 9.17) is 21.1 Å². The lowest BCUT2D eigenvalue weighted by molar-refractivity contribution is -0.0943. The zero-order valence-corrected chi connectivity index (χ0v) is 14.5. The van der Waals surface area contributed by atoms with Crippen molar-refractivity contribution in [3.8, 4) is 5.88 Å². The van der Waals surface area contributed by atoms with E-state index in [9.17, 15) is 9.59 Å². The molecule has 3 rings (SSSR count). The van der Waals surface area contributed by atoms with E-state index >= 15 is 0 Å². The molecule has 1 aromatic heterocycles. The summed E-state index contributed by atoms with van der Waals surface area (Å²) < 4.78 is 13.9. The Morgan fingerprint density at radius 1 is 1.21 bits per heavy atom. The first-order valence-corrected chi connectivity index (χ1v) is 8.15. The minimum absolute atomic E-state index is 0.229. The molecular weight excluding hydrogens is 332 g/mol.